The van der Waals surface area contributed by atoms with Crippen molar-refractivity contribution in [3.05, 3.63) is 30.3 Å². The highest BCUT2D eigenvalue weighted by Gasteiger charge is 2.33. The van der Waals surface area contributed by atoms with Crippen molar-refractivity contribution in [3.8, 4) is 0 Å². The van der Waals surface area contributed by atoms with E-state index in [2.05, 4.69) is 5.32 Å². The Hall–Kier alpha value is -0.670. The predicted molar refractivity (Wildman–Crippen MR) is 79.3 cm³/mol. The van der Waals surface area contributed by atoms with Gasteiger partial charge in [0.05, 0.1) is 12.3 Å². The summed E-state index contributed by atoms with van der Waals surface area (Å²) in [5.74, 6) is 0. The van der Waals surface area contributed by atoms with E-state index >= 15 is 0 Å². The van der Waals surface area contributed by atoms with Crippen LogP contribution in [0, 0.1) is 0 Å². The average molecular weight is 285 g/mol. The van der Waals surface area contributed by atoms with Crippen molar-refractivity contribution in [1.82, 2.24) is 5.32 Å². The molecule has 0 aliphatic carbocycles. The minimum absolute atomic E-state index is 0.0946. The molecule has 5 heteroatoms. The highest BCUT2D eigenvalue weighted by atomic mass is 31.2. The van der Waals surface area contributed by atoms with Crippen LogP contribution in [0.25, 0.3) is 0 Å². The SMILES string of the molecule is COCC(CNC(C)(C)C)P(=O)(O)c1ccccc1. The lowest BCUT2D eigenvalue weighted by Gasteiger charge is -2.28. The number of ether oxygens (including phenoxy) is 1. The van der Waals surface area contributed by atoms with Gasteiger partial charge in [0, 0.05) is 24.5 Å². The summed E-state index contributed by atoms with van der Waals surface area (Å²) in [7, 11) is -1.89. The maximum Gasteiger partial charge on any atom is 0.236 e. The summed E-state index contributed by atoms with van der Waals surface area (Å²) in [6.45, 7) is 6.79. The molecular weight excluding hydrogens is 261 g/mol. The molecule has 0 aliphatic rings. The van der Waals surface area contributed by atoms with E-state index in [1.165, 1.54) is 0 Å². The number of nitrogens with one attached hydrogen (secondary N) is 1. The smallest absolute Gasteiger partial charge is 0.236 e. The highest BCUT2D eigenvalue weighted by molar-refractivity contribution is 7.66. The molecule has 0 radical (unpaired) electrons. The van der Waals surface area contributed by atoms with Gasteiger partial charge in [-0.15, -0.1) is 0 Å². The second-order valence-corrected chi connectivity index (χ2v) is 8.19. The first-order chi connectivity index (χ1) is 8.77. The fourth-order valence-electron chi connectivity index (χ4n) is 1.75. The molecule has 0 aliphatic heterocycles. The molecule has 0 spiro atoms. The van der Waals surface area contributed by atoms with Crippen molar-refractivity contribution in [2.24, 2.45) is 0 Å². The summed E-state index contributed by atoms with van der Waals surface area (Å²) in [6.07, 6.45) is 0. The van der Waals surface area contributed by atoms with Gasteiger partial charge < -0.3 is 14.9 Å². The maximum atomic E-state index is 12.7. The molecule has 0 heterocycles. The quantitative estimate of drug-likeness (QED) is 0.785. The van der Waals surface area contributed by atoms with Crippen molar-refractivity contribution in [3.63, 3.8) is 0 Å². The van der Waals surface area contributed by atoms with E-state index in [4.69, 9.17) is 4.74 Å². The van der Waals surface area contributed by atoms with Gasteiger partial charge in [0.15, 0.2) is 0 Å². The monoisotopic (exact) mass is 285 g/mol. The van der Waals surface area contributed by atoms with Crippen molar-refractivity contribution < 1.29 is 14.2 Å². The van der Waals surface area contributed by atoms with E-state index in [0.29, 0.717) is 11.8 Å². The Bertz CT molecular complexity index is 428. The van der Waals surface area contributed by atoms with E-state index < -0.39 is 13.0 Å². The van der Waals surface area contributed by atoms with Crippen LogP contribution >= 0.6 is 7.37 Å². The summed E-state index contributed by atoms with van der Waals surface area (Å²) in [6, 6.07) is 8.78. The normalized spacial score (nSPS) is 16.9. The van der Waals surface area contributed by atoms with Crippen LogP contribution < -0.4 is 10.6 Å². The Morgan fingerprint density at radius 2 is 1.89 bits per heavy atom. The summed E-state index contributed by atoms with van der Waals surface area (Å²) in [4.78, 5) is 10.4. The minimum Gasteiger partial charge on any atom is -0.384 e. The van der Waals surface area contributed by atoms with Gasteiger partial charge >= 0.3 is 0 Å². The van der Waals surface area contributed by atoms with Crippen molar-refractivity contribution in [1.29, 1.82) is 0 Å². The Balaban J connectivity index is 2.88. The summed E-state index contributed by atoms with van der Waals surface area (Å²) >= 11 is 0. The lowest BCUT2D eigenvalue weighted by Crippen LogP contribution is -2.42. The molecule has 2 N–H and O–H groups in total. The first-order valence-electron chi connectivity index (χ1n) is 6.39. The van der Waals surface area contributed by atoms with Crippen LogP contribution in [0.3, 0.4) is 0 Å². The molecule has 19 heavy (non-hydrogen) atoms. The van der Waals surface area contributed by atoms with Crippen molar-refractivity contribution in [2.45, 2.75) is 32.0 Å². The fourth-order valence-corrected chi connectivity index (χ4v) is 3.46. The van der Waals surface area contributed by atoms with Crippen molar-refractivity contribution in [2.75, 3.05) is 20.3 Å². The van der Waals surface area contributed by atoms with Crippen LogP contribution in [0.5, 0.6) is 0 Å². The van der Waals surface area contributed by atoms with Crippen LogP contribution in [-0.2, 0) is 9.30 Å². The van der Waals surface area contributed by atoms with Crippen LogP contribution in [0.15, 0.2) is 30.3 Å². The third kappa shape index (κ3) is 5.07. The van der Waals surface area contributed by atoms with Crippen LogP contribution in [-0.4, -0.2) is 36.4 Å². The molecule has 0 saturated heterocycles. The van der Waals surface area contributed by atoms with Gasteiger partial charge in [-0.3, -0.25) is 4.57 Å². The van der Waals surface area contributed by atoms with Gasteiger partial charge in [-0.2, -0.15) is 0 Å². The van der Waals surface area contributed by atoms with E-state index in [-0.39, 0.29) is 12.1 Å². The van der Waals surface area contributed by atoms with Gasteiger partial charge in [0.2, 0.25) is 7.37 Å². The summed E-state index contributed by atoms with van der Waals surface area (Å²) in [5.41, 5.74) is -0.540. The Morgan fingerprint density at radius 3 is 2.37 bits per heavy atom. The fraction of sp³-hybridized carbons (Fsp3) is 0.571. The van der Waals surface area contributed by atoms with E-state index in [9.17, 15) is 9.46 Å². The zero-order valence-electron chi connectivity index (χ0n) is 12.1. The molecule has 108 valence electrons. The van der Waals surface area contributed by atoms with Gasteiger partial charge in [-0.05, 0) is 32.9 Å². The molecule has 0 fully saturated rings. The number of rotatable bonds is 6. The zero-order chi connectivity index (χ0) is 14.5. The summed E-state index contributed by atoms with van der Waals surface area (Å²) in [5, 5.41) is 3.75. The van der Waals surface area contributed by atoms with Crippen LogP contribution in [0.2, 0.25) is 0 Å². The number of benzene rings is 1. The molecule has 0 aromatic heterocycles. The number of hydrogen-bond donors (Lipinski definition) is 2. The minimum atomic E-state index is -3.45. The molecule has 0 bridgehead atoms. The lowest BCUT2D eigenvalue weighted by molar-refractivity contribution is 0.190. The van der Waals surface area contributed by atoms with Gasteiger partial charge in [0.1, 0.15) is 0 Å². The standard InChI is InChI=1S/C14H24NO3P/c1-14(2,3)15-10-13(11-18-4)19(16,17)12-8-6-5-7-9-12/h5-9,13,15H,10-11H2,1-4H3,(H,16,17). The molecule has 4 nitrogen and oxygen atoms in total. The molecule has 2 atom stereocenters. The molecule has 1 aromatic rings. The Labute approximate surface area is 115 Å². The third-order valence-corrected chi connectivity index (χ3v) is 5.21. The molecule has 1 aromatic carbocycles. The second-order valence-electron chi connectivity index (χ2n) is 5.70. The van der Waals surface area contributed by atoms with Gasteiger partial charge in [0.25, 0.3) is 0 Å². The number of methoxy groups -OCH3 is 1. The first kappa shape index (κ1) is 16.4. The Morgan fingerprint density at radius 1 is 1.32 bits per heavy atom. The van der Waals surface area contributed by atoms with E-state index in [0.717, 1.165) is 0 Å². The molecular formula is C14H24NO3P. The Kier molecular flexibility index (Phi) is 5.75. The second kappa shape index (κ2) is 6.67. The largest absolute Gasteiger partial charge is 0.384 e. The topological polar surface area (TPSA) is 58.6 Å². The molecule has 0 saturated carbocycles. The highest BCUT2D eigenvalue weighted by Crippen LogP contribution is 2.44. The third-order valence-electron chi connectivity index (χ3n) is 2.85. The maximum absolute atomic E-state index is 12.7. The predicted octanol–water partition coefficient (Wildman–Crippen LogP) is 1.99. The lowest BCUT2D eigenvalue weighted by atomic mass is 10.1. The van der Waals surface area contributed by atoms with E-state index in [1.807, 2.05) is 26.8 Å². The average Bonchev–Trinajstić information content (AvgIpc) is 2.34. The van der Waals surface area contributed by atoms with Crippen LogP contribution in [0.4, 0.5) is 0 Å². The molecule has 1 rings (SSSR count). The van der Waals surface area contributed by atoms with Crippen LogP contribution in [0.1, 0.15) is 20.8 Å². The zero-order valence-corrected chi connectivity index (χ0v) is 13.0. The van der Waals surface area contributed by atoms with Gasteiger partial charge in [-0.25, -0.2) is 0 Å². The number of hydrogen-bond acceptors (Lipinski definition) is 3. The van der Waals surface area contributed by atoms with E-state index in [1.54, 1.807) is 31.4 Å². The molecule has 0 amide bonds. The summed E-state index contributed by atoms with van der Waals surface area (Å²) < 4.78 is 17.8. The van der Waals surface area contributed by atoms with Gasteiger partial charge in [-0.1, -0.05) is 18.2 Å². The van der Waals surface area contributed by atoms with Crippen molar-refractivity contribution >= 4 is 12.7 Å². The first-order valence-corrected chi connectivity index (χ1v) is 8.12. The molecule has 2 unspecified atom stereocenters.